The van der Waals surface area contributed by atoms with Crippen LogP contribution in [0.1, 0.15) is 47.0 Å². The monoisotopic (exact) mass is 255 g/mol. The molecule has 1 N–H and O–H groups in total. The molecule has 1 atom stereocenters. The lowest BCUT2D eigenvalue weighted by atomic mass is 9.79. The molecule has 4 heteroatoms. The van der Waals surface area contributed by atoms with Crippen molar-refractivity contribution in [2.75, 3.05) is 13.1 Å². The summed E-state index contributed by atoms with van der Waals surface area (Å²) in [6, 6.07) is 0. The van der Waals surface area contributed by atoms with Crippen molar-refractivity contribution in [3.05, 3.63) is 0 Å². The molecule has 0 bridgehead atoms. The maximum atomic E-state index is 12.3. The summed E-state index contributed by atoms with van der Waals surface area (Å²) in [5.74, 6) is -1.47. The van der Waals surface area contributed by atoms with E-state index in [-0.39, 0.29) is 5.91 Å². The zero-order valence-electron chi connectivity index (χ0n) is 11.9. The first kappa shape index (κ1) is 15.0. The Morgan fingerprint density at radius 3 is 2.11 bits per heavy atom. The highest BCUT2D eigenvalue weighted by molar-refractivity contribution is 5.97. The van der Waals surface area contributed by atoms with Crippen molar-refractivity contribution in [3.8, 4) is 0 Å². The highest BCUT2D eigenvalue weighted by Gasteiger charge is 2.40. The minimum Gasteiger partial charge on any atom is -0.481 e. The Balaban J connectivity index is 2.71. The second kappa shape index (κ2) is 5.72. The van der Waals surface area contributed by atoms with Crippen molar-refractivity contribution in [1.29, 1.82) is 0 Å². The summed E-state index contributed by atoms with van der Waals surface area (Å²) in [7, 11) is 0. The first-order valence-electron chi connectivity index (χ1n) is 6.79. The quantitative estimate of drug-likeness (QED) is 0.788. The Morgan fingerprint density at radius 1 is 1.28 bits per heavy atom. The minimum atomic E-state index is -1.01. The predicted octanol–water partition coefficient (Wildman–Crippen LogP) is 2.38. The van der Waals surface area contributed by atoms with Crippen LogP contribution < -0.4 is 0 Å². The molecule has 1 aliphatic rings. The number of carbonyl (C=O) groups is 2. The fourth-order valence-electron chi connectivity index (χ4n) is 2.59. The van der Waals surface area contributed by atoms with Gasteiger partial charge in [-0.2, -0.15) is 0 Å². The number of aliphatic carboxylic acids is 1. The van der Waals surface area contributed by atoms with Crippen LogP contribution in [-0.2, 0) is 9.59 Å². The Bertz CT molecular complexity index is 311. The van der Waals surface area contributed by atoms with Crippen molar-refractivity contribution in [3.63, 3.8) is 0 Å². The average molecular weight is 255 g/mol. The number of likely N-dealkylation sites (tertiary alicyclic amines) is 1. The lowest BCUT2D eigenvalue weighted by Gasteiger charge is -2.36. The molecule has 1 saturated heterocycles. The summed E-state index contributed by atoms with van der Waals surface area (Å²) in [6.45, 7) is 9.00. The lowest BCUT2D eigenvalue weighted by molar-refractivity contribution is -0.156. The van der Waals surface area contributed by atoms with Gasteiger partial charge in [-0.25, -0.2) is 0 Å². The number of rotatable bonds is 3. The molecule has 0 saturated carbocycles. The molecule has 4 nitrogen and oxygen atoms in total. The smallest absolute Gasteiger partial charge is 0.316 e. The summed E-state index contributed by atoms with van der Waals surface area (Å²) in [5, 5.41) is 9.26. The highest BCUT2D eigenvalue weighted by Crippen LogP contribution is 2.30. The van der Waals surface area contributed by atoms with Crippen LogP contribution in [0.25, 0.3) is 0 Å². The third-order valence-electron chi connectivity index (χ3n) is 3.86. The van der Waals surface area contributed by atoms with Crippen molar-refractivity contribution in [2.24, 2.45) is 17.3 Å². The van der Waals surface area contributed by atoms with Gasteiger partial charge in [0, 0.05) is 13.1 Å². The zero-order valence-corrected chi connectivity index (χ0v) is 11.9. The Hall–Kier alpha value is -1.06. The first-order valence-corrected chi connectivity index (χ1v) is 6.79. The van der Waals surface area contributed by atoms with Crippen molar-refractivity contribution in [1.82, 2.24) is 4.90 Å². The fourth-order valence-corrected chi connectivity index (χ4v) is 2.59. The number of carbonyl (C=O) groups excluding carboxylic acids is 1. The maximum absolute atomic E-state index is 12.3. The van der Waals surface area contributed by atoms with Crippen molar-refractivity contribution < 1.29 is 14.7 Å². The molecule has 0 aromatic heterocycles. The average Bonchev–Trinajstić information content (AvgIpc) is 2.26. The molecule has 1 rings (SSSR count). The van der Waals surface area contributed by atoms with Gasteiger partial charge in [0.25, 0.3) is 0 Å². The molecule has 0 aromatic rings. The van der Waals surface area contributed by atoms with E-state index in [1.165, 1.54) is 0 Å². The van der Waals surface area contributed by atoms with E-state index >= 15 is 0 Å². The topological polar surface area (TPSA) is 57.6 Å². The van der Waals surface area contributed by atoms with Crippen LogP contribution in [0.5, 0.6) is 0 Å². The summed E-state index contributed by atoms with van der Waals surface area (Å²) in [6.07, 6.45) is 3.14. The largest absolute Gasteiger partial charge is 0.481 e. The number of carboxylic acid groups (broad SMARTS) is 1. The van der Waals surface area contributed by atoms with Crippen LogP contribution in [0.3, 0.4) is 0 Å². The van der Waals surface area contributed by atoms with E-state index in [0.717, 1.165) is 19.3 Å². The molecule has 0 spiro atoms. The molecule has 104 valence electrons. The molecule has 0 aromatic carbocycles. The second-order valence-corrected chi connectivity index (χ2v) is 6.31. The summed E-state index contributed by atoms with van der Waals surface area (Å²) in [4.78, 5) is 25.4. The molecule has 1 unspecified atom stereocenters. The molecular weight excluding hydrogens is 230 g/mol. The minimum absolute atomic E-state index is 0.218. The van der Waals surface area contributed by atoms with E-state index in [2.05, 4.69) is 6.92 Å². The molecule has 18 heavy (non-hydrogen) atoms. The lowest BCUT2D eigenvalue weighted by Crippen LogP contribution is -2.48. The van der Waals surface area contributed by atoms with Gasteiger partial charge in [0.1, 0.15) is 5.92 Å². The molecule has 1 heterocycles. The normalized spacial score (nSPS) is 19.7. The van der Waals surface area contributed by atoms with E-state index < -0.39 is 17.3 Å². The third kappa shape index (κ3) is 3.47. The zero-order chi connectivity index (χ0) is 13.9. The van der Waals surface area contributed by atoms with Crippen LogP contribution in [0.2, 0.25) is 0 Å². The fraction of sp³-hybridized carbons (Fsp3) is 0.857. The summed E-state index contributed by atoms with van der Waals surface area (Å²) < 4.78 is 0. The Morgan fingerprint density at radius 2 is 1.78 bits per heavy atom. The number of hydrogen-bond acceptors (Lipinski definition) is 2. The van der Waals surface area contributed by atoms with E-state index in [4.69, 9.17) is 0 Å². The summed E-state index contributed by atoms with van der Waals surface area (Å²) >= 11 is 0. The van der Waals surface area contributed by atoms with Gasteiger partial charge in [-0.3, -0.25) is 9.59 Å². The van der Waals surface area contributed by atoms with Gasteiger partial charge in [0.15, 0.2) is 0 Å². The molecule has 1 amide bonds. The van der Waals surface area contributed by atoms with Gasteiger partial charge in [-0.05, 0) is 24.2 Å². The van der Waals surface area contributed by atoms with Crippen molar-refractivity contribution >= 4 is 11.9 Å². The van der Waals surface area contributed by atoms with E-state index in [1.807, 2.05) is 20.8 Å². The standard InChI is InChI=1S/C14H25NO3/c1-5-10-6-8-15(9-7-10)12(16)11(13(17)18)14(2,3)4/h10-11H,5-9H2,1-4H3,(H,17,18). The second-order valence-electron chi connectivity index (χ2n) is 6.31. The van der Waals surface area contributed by atoms with Crippen LogP contribution in [-0.4, -0.2) is 35.0 Å². The molecule has 1 aliphatic heterocycles. The van der Waals surface area contributed by atoms with Crippen LogP contribution in [0.4, 0.5) is 0 Å². The van der Waals surface area contributed by atoms with Crippen LogP contribution in [0, 0.1) is 17.3 Å². The van der Waals surface area contributed by atoms with Gasteiger partial charge in [-0.15, -0.1) is 0 Å². The summed E-state index contributed by atoms with van der Waals surface area (Å²) in [5.41, 5.74) is -0.537. The Kier molecular flexibility index (Phi) is 4.77. The van der Waals surface area contributed by atoms with Crippen LogP contribution in [0.15, 0.2) is 0 Å². The number of piperidine rings is 1. The van der Waals surface area contributed by atoms with E-state index in [9.17, 15) is 14.7 Å². The maximum Gasteiger partial charge on any atom is 0.316 e. The van der Waals surface area contributed by atoms with Gasteiger partial charge in [-0.1, -0.05) is 34.1 Å². The predicted molar refractivity (Wildman–Crippen MR) is 70.2 cm³/mol. The third-order valence-corrected chi connectivity index (χ3v) is 3.86. The van der Waals surface area contributed by atoms with Crippen LogP contribution >= 0.6 is 0 Å². The molecule has 0 radical (unpaired) electrons. The van der Waals surface area contributed by atoms with Gasteiger partial charge >= 0.3 is 5.97 Å². The van der Waals surface area contributed by atoms with E-state index in [0.29, 0.717) is 19.0 Å². The number of carboxylic acids is 1. The van der Waals surface area contributed by atoms with Crippen molar-refractivity contribution in [2.45, 2.75) is 47.0 Å². The van der Waals surface area contributed by atoms with Gasteiger partial charge in [0.2, 0.25) is 5.91 Å². The number of amides is 1. The molecular formula is C14H25NO3. The van der Waals surface area contributed by atoms with Gasteiger partial charge < -0.3 is 10.0 Å². The molecule has 1 fully saturated rings. The SMILES string of the molecule is CCC1CCN(C(=O)C(C(=O)O)C(C)(C)C)CC1. The van der Waals surface area contributed by atoms with E-state index in [1.54, 1.807) is 4.90 Å². The number of hydrogen-bond donors (Lipinski definition) is 1. The first-order chi connectivity index (χ1) is 8.27. The van der Waals surface area contributed by atoms with Gasteiger partial charge in [0.05, 0.1) is 0 Å². The molecule has 0 aliphatic carbocycles. The Labute approximate surface area is 109 Å². The highest BCUT2D eigenvalue weighted by atomic mass is 16.4. The number of nitrogens with zero attached hydrogens (tertiary/aromatic N) is 1.